The fourth-order valence-electron chi connectivity index (χ4n) is 3.52. The van der Waals surface area contributed by atoms with Crippen molar-refractivity contribution >= 4 is 17.5 Å². The van der Waals surface area contributed by atoms with E-state index in [2.05, 4.69) is 4.90 Å². The maximum atomic E-state index is 13.1. The van der Waals surface area contributed by atoms with E-state index in [1.165, 1.54) is 12.1 Å². The number of amides is 1. The van der Waals surface area contributed by atoms with Crippen molar-refractivity contribution in [2.75, 3.05) is 26.2 Å². The van der Waals surface area contributed by atoms with Gasteiger partial charge in [0.2, 0.25) is 5.91 Å². The summed E-state index contributed by atoms with van der Waals surface area (Å²) in [5.74, 6) is 0.0597. The van der Waals surface area contributed by atoms with E-state index >= 15 is 0 Å². The van der Waals surface area contributed by atoms with Crippen LogP contribution in [0.4, 0.5) is 4.39 Å². The van der Waals surface area contributed by atoms with Gasteiger partial charge in [-0.1, -0.05) is 17.7 Å². The molecule has 1 heterocycles. The standard InChI is InChI=1S/C17H23ClFN3O/c18-16-10-14(19)3-1-13(16)11-21-5-7-22(8-6-21)17(23)12-2-4-15(20)9-12/h1,3,10,12,15H,2,4-9,11,20H2/t12-,15-/m0/s1. The van der Waals surface area contributed by atoms with Crippen LogP contribution in [0.5, 0.6) is 0 Å². The van der Waals surface area contributed by atoms with Gasteiger partial charge in [0.25, 0.3) is 0 Å². The van der Waals surface area contributed by atoms with Crippen LogP contribution in [0, 0.1) is 11.7 Å². The molecule has 0 unspecified atom stereocenters. The van der Waals surface area contributed by atoms with E-state index in [1.54, 1.807) is 6.07 Å². The summed E-state index contributed by atoms with van der Waals surface area (Å²) in [6, 6.07) is 4.70. The molecule has 1 aromatic carbocycles. The monoisotopic (exact) mass is 339 g/mol. The highest BCUT2D eigenvalue weighted by atomic mass is 35.5. The zero-order valence-electron chi connectivity index (χ0n) is 13.2. The molecule has 0 bridgehead atoms. The smallest absolute Gasteiger partial charge is 0.225 e. The van der Waals surface area contributed by atoms with Crippen LogP contribution in [0.1, 0.15) is 24.8 Å². The number of hydrogen-bond donors (Lipinski definition) is 1. The molecule has 126 valence electrons. The summed E-state index contributed by atoms with van der Waals surface area (Å²) in [5, 5.41) is 0.462. The van der Waals surface area contributed by atoms with Gasteiger partial charge in [-0.2, -0.15) is 0 Å². The molecule has 1 saturated carbocycles. The van der Waals surface area contributed by atoms with Gasteiger partial charge in [0, 0.05) is 49.7 Å². The Hall–Kier alpha value is -1.17. The van der Waals surface area contributed by atoms with E-state index < -0.39 is 0 Å². The molecule has 2 aliphatic rings. The first kappa shape index (κ1) is 16.7. The normalized spacial score (nSPS) is 25.8. The second-order valence-corrected chi connectivity index (χ2v) is 7.01. The van der Waals surface area contributed by atoms with Crippen molar-refractivity contribution in [2.24, 2.45) is 11.7 Å². The first-order valence-electron chi connectivity index (χ1n) is 8.23. The van der Waals surface area contributed by atoms with Crippen LogP contribution in [-0.2, 0) is 11.3 Å². The van der Waals surface area contributed by atoms with Crippen molar-refractivity contribution in [1.82, 2.24) is 9.80 Å². The lowest BCUT2D eigenvalue weighted by molar-refractivity contribution is -0.137. The van der Waals surface area contributed by atoms with Gasteiger partial charge in [-0.25, -0.2) is 4.39 Å². The maximum absolute atomic E-state index is 13.1. The third kappa shape index (κ3) is 4.03. The van der Waals surface area contributed by atoms with E-state index in [1.807, 2.05) is 4.90 Å². The van der Waals surface area contributed by atoms with Crippen LogP contribution >= 0.6 is 11.6 Å². The number of nitrogens with two attached hydrogens (primary N) is 1. The Balaban J connectivity index is 1.51. The largest absolute Gasteiger partial charge is 0.340 e. The molecule has 1 saturated heterocycles. The lowest BCUT2D eigenvalue weighted by atomic mass is 10.1. The number of piperazine rings is 1. The highest BCUT2D eigenvalue weighted by molar-refractivity contribution is 6.31. The van der Waals surface area contributed by atoms with Gasteiger partial charge >= 0.3 is 0 Å². The van der Waals surface area contributed by atoms with Crippen LogP contribution in [0.2, 0.25) is 5.02 Å². The average Bonchev–Trinajstić information content (AvgIpc) is 2.97. The molecule has 2 N–H and O–H groups in total. The van der Waals surface area contributed by atoms with Gasteiger partial charge in [0.1, 0.15) is 5.82 Å². The van der Waals surface area contributed by atoms with Crippen LogP contribution in [0.15, 0.2) is 18.2 Å². The molecule has 23 heavy (non-hydrogen) atoms. The quantitative estimate of drug-likeness (QED) is 0.919. The average molecular weight is 340 g/mol. The van der Waals surface area contributed by atoms with Gasteiger partial charge in [0.15, 0.2) is 0 Å². The molecule has 0 spiro atoms. The van der Waals surface area contributed by atoms with E-state index in [9.17, 15) is 9.18 Å². The zero-order valence-corrected chi connectivity index (χ0v) is 13.9. The third-order valence-electron chi connectivity index (χ3n) is 4.92. The molecule has 0 radical (unpaired) electrons. The number of nitrogens with zero attached hydrogens (tertiary/aromatic N) is 2. The first-order valence-corrected chi connectivity index (χ1v) is 8.61. The third-order valence-corrected chi connectivity index (χ3v) is 5.27. The van der Waals surface area contributed by atoms with Gasteiger partial charge in [-0.15, -0.1) is 0 Å². The Morgan fingerprint density at radius 3 is 2.61 bits per heavy atom. The summed E-state index contributed by atoms with van der Waals surface area (Å²) in [6.45, 7) is 3.80. The second-order valence-electron chi connectivity index (χ2n) is 6.61. The minimum Gasteiger partial charge on any atom is -0.340 e. The second kappa shape index (κ2) is 7.16. The highest BCUT2D eigenvalue weighted by Crippen LogP contribution is 2.26. The molecule has 0 aromatic heterocycles. The van der Waals surface area contributed by atoms with E-state index in [4.69, 9.17) is 17.3 Å². The first-order chi connectivity index (χ1) is 11.0. The lowest BCUT2D eigenvalue weighted by Gasteiger charge is -2.36. The number of carbonyl (C=O) groups is 1. The highest BCUT2D eigenvalue weighted by Gasteiger charge is 2.32. The molecule has 1 aliphatic carbocycles. The number of hydrogen-bond acceptors (Lipinski definition) is 3. The number of halogens is 2. The van der Waals surface area contributed by atoms with Gasteiger partial charge in [-0.3, -0.25) is 9.69 Å². The van der Waals surface area contributed by atoms with Crippen molar-refractivity contribution in [3.63, 3.8) is 0 Å². The predicted octanol–water partition coefficient (Wildman–Crippen LogP) is 2.25. The maximum Gasteiger partial charge on any atom is 0.225 e. The molecule has 4 nitrogen and oxygen atoms in total. The molecule has 6 heteroatoms. The number of benzene rings is 1. The molecular weight excluding hydrogens is 317 g/mol. The fourth-order valence-corrected chi connectivity index (χ4v) is 3.74. The summed E-state index contributed by atoms with van der Waals surface area (Å²) >= 11 is 6.08. The van der Waals surface area contributed by atoms with E-state index in [0.717, 1.165) is 51.0 Å². The van der Waals surface area contributed by atoms with E-state index in [-0.39, 0.29) is 23.7 Å². The van der Waals surface area contributed by atoms with E-state index in [0.29, 0.717) is 11.6 Å². The Kier molecular flexibility index (Phi) is 5.19. The van der Waals surface area contributed by atoms with Crippen molar-refractivity contribution in [1.29, 1.82) is 0 Å². The molecule has 1 aliphatic heterocycles. The minimum atomic E-state index is -0.316. The zero-order chi connectivity index (χ0) is 16.4. The van der Waals surface area contributed by atoms with Crippen molar-refractivity contribution < 1.29 is 9.18 Å². The molecule has 2 atom stereocenters. The lowest BCUT2D eigenvalue weighted by Crippen LogP contribution is -2.49. The molecular formula is C17H23ClFN3O. The van der Waals surface area contributed by atoms with Crippen molar-refractivity contribution in [3.05, 3.63) is 34.6 Å². The Bertz CT molecular complexity index is 575. The Morgan fingerprint density at radius 1 is 1.26 bits per heavy atom. The summed E-state index contributed by atoms with van der Waals surface area (Å²) in [4.78, 5) is 16.7. The predicted molar refractivity (Wildman–Crippen MR) is 88.6 cm³/mol. The van der Waals surface area contributed by atoms with Crippen molar-refractivity contribution in [2.45, 2.75) is 31.8 Å². The summed E-state index contributed by atoms with van der Waals surface area (Å²) in [7, 11) is 0. The van der Waals surface area contributed by atoms with Crippen LogP contribution in [-0.4, -0.2) is 47.9 Å². The minimum absolute atomic E-state index is 0.114. The van der Waals surface area contributed by atoms with Crippen LogP contribution in [0.25, 0.3) is 0 Å². The Morgan fingerprint density at radius 2 is 2.00 bits per heavy atom. The van der Waals surface area contributed by atoms with Gasteiger partial charge in [0.05, 0.1) is 0 Å². The van der Waals surface area contributed by atoms with Crippen LogP contribution < -0.4 is 5.73 Å². The topological polar surface area (TPSA) is 49.6 Å². The summed E-state index contributed by atoms with van der Waals surface area (Å²) < 4.78 is 13.1. The summed E-state index contributed by atoms with van der Waals surface area (Å²) in [6.07, 6.45) is 2.70. The Labute approximate surface area is 141 Å². The van der Waals surface area contributed by atoms with Gasteiger partial charge in [-0.05, 0) is 37.0 Å². The van der Waals surface area contributed by atoms with Gasteiger partial charge < -0.3 is 10.6 Å². The SMILES string of the molecule is N[C@H]1CC[C@H](C(=O)N2CCN(Cc3ccc(F)cc3Cl)CC2)C1. The fraction of sp³-hybridized carbons (Fsp3) is 0.588. The molecule has 3 rings (SSSR count). The van der Waals surface area contributed by atoms with Crippen molar-refractivity contribution in [3.8, 4) is 0 Å². The molecule has 2 fully saturated rings. The number of rotatable bonds is 3. The molecule has 1 amide bonds. The summed E-state index contributed by atoms with van der Waals surface area (Å²) in [5.41, 5.74) is 6.83. The molecule has 1 aromatic rings. The van der Waals surface area contributed by atoms with Crippen LogP contribution in [0.3, 0.4) is 0 Å². The number of carbonyl (C=O) groups excluding carboxylic acids is 1.